The van der Waals surface area contributed by atoms with Crippen LogP contribution in [0.1, 0.15) is 59.8 Å². The molecular formula is C34H54N6O19. The standard InChI is InChI=1S/C34H54N6O19/c1-12(28(47)40-18(32(53)54)8-9-21(44)39-17(31(51)52)7-5-6-16(35)30(49)50)36-29(48)13(2)56-27-23(38-15(4)43)33-55-11-20(58-33)26(27)59-34-22(37-14(3)42)25(46)24(45)19(10-41)57-34/h12-13,16-20,22-27,33-34,41,45-46H,5-11,35H2,1-4H3,(H,36,48)(H,37,42)(H,38,43)(H,39,44)(H,40,47)(H,49,50)(H,51,52)(H,53,54)/t12-,13?,16+,17-,18+,19+,20+,22+,23+,24+,25+,26+,27+,33+,34-/m0/s1. The van der Waals surface area contributed by atoms with Gasteiger partial charge in [0.05, 0.1) is 13.2 Å². The van der Waals surface area contributed by atoms with E-state index in [2.05, 4.69) is 26.6 Å². The van der Waals surface area contributed by atoms with Crippen LogP contribution in [0.3, 0.4) is 0 Å². The highest BCUT2D eigenvalue weighted by Crippen LogP contribution is 2.35. The second kappa shape index (κ2) is 22.1. The quantitative estimate of drug-likeness (QED) is 0.0483. The van der Waals surface area contributed by atoms with Crippen LogP contribution in [0.15, 0.2) is 0 Å². The summed E-state index contributed by atoms with van der Waals surface area (Å²) in [6.07, 6.45) is -13.3. The lowest BCUT2D eigenvalue weighted by molar-refractivity contribution is -0.313. The third kappa shape index (κ3) is 13.7. The Balaban J connectivity index is 1.67. The minimum Gasteiger partial charge on any atom is -0.480 e. The Bertz CT molecular complexity index is 1540. The zero-order valence-electron chi connectivity index (χ0n) is 32.7. The molecule has 1 unspecified atom stereocenters. The van der Waals surface area contributed by atoms with Gasteiger partial charge in [-0.1, -0.05) is 0 Å². The van der Waals surface area contributed by atoms with Gasteiger partial charge in [0.2, 0.25) is 29.5 Å². The third-order valence-corrected chi connectivity index (χ3v) is 9.70. The van der Waals surface area contributed by atoms with E-state index in [4.69, 9.17) is 34.5 Å². The maximum Gasteiger partial charge on any atom is 0.326 e. The number of carboxylic acid groups (broad SMARTS) is 3. The Morgan fingerprint density at radius 1 is 0.763 bits per heavy atom. The smallest absolute Gasteiger partial charge is 0.326 e. The Morgan fingerprint density at radius 3 is 1.95 bits per heavy atom. The van der Waals surface area contributed by atoms with E-state index < -0.39 is 158 Å². The first-order valence-corrected chi connectivity index (χ1v) is 18.7. The SMILES string of the molecule is CC(=O)N[C@H]1[C@H](O[C@H]2[C@H](OC(C)C(=O)N[C@@H](C)C(=O)N[C@H](CCC(=O)N[C@@H](CCC[C@@H](N)C(=O)O)C(=O)O)C(=O)O)[C@@H](NC(C)=O)[C@@H]3OC[C@H]2O3)O[C@H](CO)[C@@H](O)[C@@H]1O. The Hall–Kier alpha value is -4.60. The minimum atomic E-state index is -1.68. The number of fused-ring (bicyclic) bond motifs is 2. The van der Waals surface area contributed by atoms with Crippen LogP contribution in [0.4, 0.5) is 0 Å². The van der Waals surface area contributed by atoms with Gasteiger partial charge in [-0.15, -0.1) is 0 Å². The highest BCUT2D eigenvalue weighted by atomic mass is 16.8. The van der Waals surface area contributed by atoms with Crippen molar-refractivity contribution >= 4 is 47.4 Å². The van der Waals surface area contributed by atoms with Crippen LogP contribution in [-0.2, 0) is 62.0 Å². The van der Waals surface area contributed by atoms with Crippen molar-refractivity contribution in [1.82, 2.24) is 26.6 Å². The number of rotatable bonds is 22. The average molecular weight is 851 g/mol. The predicted octanol–water partition coefficient (Wildman–Crippen LogP) is -5.65. The minimum absolute atomic E-state index is 0.0539. The number of ether oxygens (including phenoxy) is 5. The zero-order valence-corrected chi connectivity index (χ0v) is 32.7. The van der Waals surface area contributed by atoms with Gasteiger partial charge < -0.3 is 86.6 Å². The van der Waals surface area contributed by atoms with Crippen molar-refractivity contribution in [2.75, 3.05) is 13.2 Å². The Kier molecular flexibility index (Phi) is 18.3. The number of hydrogen-bond donors (Lipinski definition) is 12. The Morgan fingerprint density at radius 2 is 1.37 bits per heavy atom. The maximum atomic E-state index is 13.4. The van der Waals surface area contributed by atoms with Gasteiger partial charge in [0.15, 0.2) is 12.6 Å². The normalized spacial score (nSPS) is 30.0. The number of carbonyl (C=O) groups excluding carboxylic acids is 5. The largest absolute Gasteiger partial charge is 0.480 e. The summed E-state index contributed by atoms with van der Waals surface area (Å²) in [6, 6.07) is -8.19. The molecule has 0 aliphatic carbocycles. The fraction of sp³-hybridized carbons (Fsp3) is 0.765. The van der Waals surface area contributed by atoms with E-state index in [1.165, 1.54) is 20.8 Å². The van der Waals surface area contributed by atoms with Gasteiger partial charge in [0.1, 0.15) is 79.0 Å². The fourth-order valence-electron chi connectivity index (χ4n) is 6.54. The predicted molar refractivity (Wildman–Crippen MR) is 192 cm³/mol. The van der Waals surface area contributed by atoms with Crippen LogP contribution in [0.5, 0.6) is 0 Å². The number of carboxylic acids is 3. The lowest BCUT2D eigenvalue weighted by atomic mass is 9.95. The molecule has 15 atom stereocenters. The highest BCUT2D eigenvalue weighted by Gasteiger charge is 2.56. The van der Waals surface area contributed by atoms with Crippen molar-refractivity contribution in [2.45, 2.75) is 151 Å². The molecule has 2 bridgehead atoms. The molecule has 25 heteroatoms. The molecule has 5 amide bonds. The summed E-state index contributed by atoms with van der Waals surface area (Å²) in [5.41, 5.74) is 5.41. The third-order valence-electron chi connectivity index (χ3n) is 9.70. The molecule has 59 heavy (non-hydrogen) atoms. The van der Waals surface area contributed by atoms with Gasteiger partial charge in [-0.3, -0.25) is 28.8 Å². The van der Waals surface area contributed by atoms with Gasteiger partial charge in [-0.2, -0.15) is 0 Å². The monoisotopic (exact) mass is 850 g/mol. The van der Waals surface area contributed by atoms with E-state index in [1.807, 2.05) is 0 Å². The molecule has 334 valence electrons. The zero-order chi connectivity index (χ0) is 44.3. The van der Waals surface area contributed by atoms with E-state index in [0.717, 1.165) is 6.92 Å². The second-order valence-electron chi connectivity index (χ2n) is 14.4. The van der Waals surface area contributed by atoms with Crippen molar-refractivity contribution in [3.63, 3.8) is 0 Å². The molecule has 0 spiro atoms. The van der Waals surface area contributed by atoms with Gasteiger partial charge in [0, 0.05) is 20.3 Å². The van der Waals surface area contributed by atoms with Gasteiger partial charge >= 0.3 is 17.9 Å². The molecule has 13 N–H and O–H groups in total. The lowest BCUT2D eigenvalue weighted by Gasteiger charge is -2.47. The maximum absolute atomic E-state index is 13.4. The summed E-state index contributed by atoms with van der Waals surface area (Å²) in [4.78, 5) is 97.6. The molecule has 3 rings (SSSR count). The van der Waals surface area contributed by atoms with Crippen LogP contribution in [-0.4, -0.2) is 183 Å². The summed E-state index contributed by atoms with van der Waals surface area (Å²) in [6.45, 7) is 4.01. The first-order chi connectivity index (χ1) is 27.6. The number of hydrogen-bond acceptors (Lipinski definition) is 17. The molecule has 3 fully saturated rings. The summed E-state index contributed by atoms with van der Waals surface area (Å²) < 4.78 is 29.6. The van der Waals surface area contributed by atoms with Crippen LogP contribution in [0.25, 0.3) is 0 Å². The van der Waals surface area contributed by atoms with Crippen LogP contribution < -0.4 is 32.3 Å². The van der Waals surface area contributed by atoms with Crippen molar-refractivity contribution in [3.8, 4) is 0 Å². The molecule has 0 saturated carbocycles. The summed E-state index contributed by atoms with van der Waals surface area (Å²) in [5.74, 6) is -8.15. The number of carbonyl (C=O) groups is 8. The van der Waals surface area contributed by atoms with E-state index in [0.29, 0.717) is 0 Å². The summed E-state index contributed by atoms with van der Waals surface area (Å²) in [5, 5.41) is 70.9. The van der Waals surface area contributed by atoms with E-state index in [-0.39, 0.29) is 25.9 Å². The summed E-state index contributed by atoms with van der Waals surface area (Å²) in [7, 11) is 0. The Labute approximate surface area is 336 Å². The van der Waals surface area contributed by atoms with Crippen LogP contribution in [0, 0.1) is 0 Å². The number of nitrogens with two attached hydrogens (primary N) is 1. The van der Waals surface area contributed by atoms with Gasteiger partial charge in [-0.25, -0.2) is 9.59 Å². The molecule has 3 heterocycles. The van der Waals surface area contributed by atoms with Gasteiger partial charge in [0.25, 0.3) is 0 Å². The number of aliphatic hydroxyl groups is 3. The molecule has 3 aliphatic heterocycles. The highest BCUT2D eigenvalue weighted by molar-refractivity contribution is 5.91. The lowest BCUT2D eigenvalue weighted by Crippen LogP contribution is -2.68. The van der Waals surface area contributed by atoms with Crippen LogP contribution in [0.2, 0.25) is 0 Å². The molecule has 0 radical (unpaired) electrons. The van der Waals surface area contributed by atoms with E-state index >= 15 is 0 Å². The summed E-state index contributed by atoms with van der Waals surface area (Å²) >= 11 is 0. The van der Waals surface area contributed by atoms with Crippen molar-refractivity contribution in [3.05, 3.63) is 0 Å². The van der Waals surface area contributed by atoms with Crippen molar-refractivity contribution in [2.24, 2.45) is 5.73 Å². The average Bonchev–Trinajstić information content (AvgIpc) is 3.60. The molecule has 0 aromatic heterocycles. The fourth-order valence-corrected chi connectivity index (χ4v) is 6.54. The molecule has 0 aromatic rings. The van der Waals surface area contributed by atoms with E-state index in [9.17, 15) is 63.9 Å². The van der Waals surface area contributed by atoms with Crippen LogP contribution >= 0.6 is 0 Å². The molecule has 25 nitrogen and oxygen atoms in total. The molecule has 3 saturated heterocycles. The van der Waals surface area contributed by atoms with Crippen molar-refractivity contribution in [1.29, 1.82) is 0 Å². The van der Waals surface area contributed by atoms with E-state index in [1.54, 1.807) is 0 Å². The molecule has 0 aromatic carbocycles. The molecular weight excluding hydrogens is 796 g/mol. The second-order valence-corrected chi connectivity index (χ2v) is 14.4. The number of nitrogens with one attached hydrogen (secondary N) is 5. The number of amides is 5. The first-order valence-electron chi connectivity index (χ1n) is 18.7. The van der Waals surface area contributed by atoms with Crippen molar-refractivity contribution < 1.29 is 92.7 Å². The van der Waals surface area contributed by atoms with Gasteiger partial charge in [-0.05, 0) is 39.5 Å². The number of aliphatic carboxylic acids is 3. The number of aliphatic hydroxyl groups excluding tert-OH is 3. The first kappa shape index (κ1) is 48.8. The molecule has 3 aliphatic rings. The topological polar surface area (TPSA) is 390 Å².